The monoisotopic (exact) mass is 824 g/mol. The third kappa shape index (κ3) is 12.4. The van der Waals surface area contributed by atoms with Crippen molar-refractivity contribution < 1.29 is 20.8 Å². The molecule has 0 amide bonds. The van der Waals surface area contributed by atoms with E-state index in [-0.39, 0.29) is 0 Å². The van der Waals surface area contributed by atoms with Crippen LogP contribution in [0, 0.1) is 0 Å². The van der Waals surface area contributed by atoms with Gasteiger partial charge in [0.1, 0.15) is 0 Å². The molecule has 274 valence electrons. The van der Waals surface area contributed by atoms with Gasteiger partial charge in [-0.1, -0.05) is 163 Å². The summed E-state index contributed by atoms with van der Waals surface area (Å²) >= 11 is -0.826. The van der Waals surface area contributed by atoms with Crippen LogP contribution in [0.4, 0.5) is 0 Å². The van der Waals surface area contributed by atoms with Gasteiger partial charge in [-0.15, -0.1) is 69.1 Å². The number of fused-ring (bicyclic) bond motifs is 2. The summed E-state index contributed by atoms with van der Waals surface area (Å²) in [7, 11) is 11.0. The van der Waals surface area contributed by atoms with Crippen molar-refractivity contribution in [3.05, 3.63) is 131 Å². The van der Waals surface area contributed by atoms with Gasteiger partial charge >= 0.3 is 37.9 Å². The van der Waals surface area contributed by atoms with Crippen molar-refractivity contribution >= 4 is 48.1 Å². The topological polar surface area (TPSA) is 0 Å². The zero-order valence-electron chi connectivity index (χ0n) is 33.0. The van der Waals surface area contributed by atoms with Gasteiger partial charge in [-0.3, -0.25) is 0 Å². The summed E-state index contributed by atoms with van der Waals surface area (Å²) in [5, 5.41) is 5.64. The molecule has 2 atom stereocenters. The van der Waals surface area contributed by atoms with Crippen molar-refractivity contribution in [3.8, 4) is 22.3 Å². The van der Waals surface area contributed by atoms with Crippen LogP contribution in [0.25, 0.3) is 43.8 Å². The second-order valence-corrected chi connectivity index (χ2v) is 18.7. The van der Waals surface area contributed by atoms with E-state index in [0.29, 0.717) is 11.8 Å². The summed E-state index contributed by atoms with van der Waals surface area (Å²) in [6, 6.07) is 40.8. The number of benzene rings is 4. The molecule has 2 unspecified atom stereocenters. The van der Waals surface area contributed by atoms with Crippen LogP contribution in [0.5, 0.6) is 0 Å². The Hall–Kier alpha value is -2.22. The maximum atomic E-state index is 4.93. The molecular formula is C48H60Cl2SiZr. The fraction of sp³-hybridized carbons (Fsp3) is 0.375. The second-order valence-electron chi connectivity index (χ2n) is 13.9. The van der Waals surface area contributed by atoms with Crippen LogP contribution in [0.1, 0.15) is 114 Å². The van der Waals surface area contributed by atoms with E-state index in [1.54, 1.807) is 0 Å². The third-order valence-electron chi connectivity index (χ3n) is 10.0. The van der Waals surface area contributed by atoms with Crippen LogP contribution in [0.2, 0.25) is 13.1 Å². The molecule has 0 aliphatic heterocycles. The molecule has 0 aromatic heterocycles. The molecule has 52 heavy (non-hydrogen) atoms. The van der Waals surface area contributed by atoms with E-state index in [1.165, 1.54) is 117 Å². The number of unbranched alkanes of at least 4 members (excludes halogenated alkanes) is 2. The van der Waals surface area contributed by atoms with E-state index in [4.69, 9.17) is 17.0 Å². The quantitative estimate of drug-likeness (QED) is 0.0852. The first-order chi connectivity index (χ1) is 25.3. The molecule has 0 bridgehead atoms. The molecule has 0 aliphatic carbocycles. The SMILES string of the molecule is CCCCc1cc2c(-c3ccccc3)c(C(C)CC)ccc2[cH-]1.CCCCc1cc2c(-c3ccccc3)c(C(C)CC)ccc2[cH-]1.C[Si]C.[Cl][Zr+2][Cl]. The first kappa shape index (κ1) is 44.2. The van der Waals surface area contributed by atoms with Crippen molar-refractivity contribution in [2.75, 3.05) is 0 Å². The van der Waals surface area contributed by atoms with Gasteiger partial charge in [0.15, 0.2) is 0 Å². The van der Waals surface area contributed by atoms with Gasteiger partial charge in [-0.2, -0.15) is 12.1 Å². The van der Waals surface area contributed by atoms with Crippen molar-refractivity contribution in [2.45, 2.75) is 118 Å². The average Bonchev–Trinajstić information content (AvgIpc) is 3.80. The predicted octanol–water partition coefficient (Wildman–Crippen LogP) is 16.3. The van der Waals surface area contributed by atoms with Crippen LogP contribution in [-0.4, -0.2) is 9.52 Å². The molecule has 2 radical (unpaired) electrons. The molecule has 6 aromatic carbocycles. The van der Waals surface area contributed by atoms with Crippen LogP contribution in [0.15, 0.2) is 109 Å². The molecule has 0 saturated heterocycles. The van der Waals surface area contributed by atoms with E-state index in [9.17, 15) is 0 Å². The Balaban J connectivity index is 0.000000244. The number of aryl methyl sites for hydroxylation is 2. The van der Waals surface area contributed by atoms with Crippen LogP contribution in [0.3, 0.4) is 0 Å². The molecule has 0 saturated carbocycles. The fourth-order valence-electron chi connectivity index (χ4n) is 6.89. The van der Waals surface area contributed by atoms with Crippen molar-refractivity contribution in [2.24, 2.45) is 0 Å². The van der Waals surface area contributed by atoms with E-state index >= 15 is 0 Å². The minimum absolute atomic E-state index is 0.587. The Kier molecular flexibility index (Phi) is 20.6. The van der Waals surface area contributed by atoms with Gasteiger partial charge < -0.3 is 0 Å². The van der Waals surface area contributed by atoms with Gasteiger partial charge in [0.2, 0.25) is 0 Å². The number of hydrogen-bond donors (Lipinski definition) is 0. The van der Waals surface area contributed by atoms with E-state index in [1.807, 2.05) is 0 Å². The van der Waals surface area contributed by atoms with Gasteiger partial charge in [0.25, 0.3) is 0 Å². The molecule has 0 heterocycles. The van der Waals surface area contributed by atoms with Gasteiger partial charge in [-0.25, -0.2) is 0 Å². The summed E-state index contributed by atoms with van der Waals surface area (Å²) in [5.41, 5.74) is 11.5. The molecular weight excluding hydrogens is 767 g/mol. The zero-order valence-corrected chi connectivity index (χ0v) is 37.9. The maximum absolute atomic E-state index is 4.93. The number of hydrogen-bond acceptors (Lipinski definition) is 0. The summed E-state index contributed by atoms with van der Waals surface area (Å²) in [6.45, 7) is 18.1. The molecule has 0 aliphatic rings. The van der Waals surface area contributed by atoms with Gasteiger partial charge in [0.05, 0.1) is 0 Å². The standard InChI is InChI=1S/2C23H27.C2H6Si.2ClH.Zr/c2*1-4-6-10-18-15-20-13-14-21(17(3)5-2)23(22(20)16-18)19-11-8-7-9-12-19;1-3-2;;;/h2*7-9,11-17H,4-6,10H2,1-3H3;1-2H3;2*1H;/q2*-1;;;;+4/p-2. The van der Waals surface area contributed by atoms with E-state index < -0.39 is 20.8 Å². The Morgan fingerprint density at radius 1 is 0.577 bits per heavy atom. The molecule has 6 rings (SSSR count). The van der Waals surface area contributed by atoms with Gasteiger partial charge in [-0.05, 0) is 48.6 Å². The third-order valence-corrected chi connectivity index (χ3v) is 10.0. The first-order valence-corrected chi connectivity index (χ1v) is 27.7. The molecule has 0 N–H and O–H groups in total. The minimum atomic E-state index is -0.826. The van der Waals surface area contributed by atoms with Crippen LogP contribution in [-0.2, 0) is 33.7 Å². The van der Waals surface area contributed by atoms with E-state index in [0.717, 1.165) is 9.52 Å². The Labute approximate surface area is 338 Å². The fourth-order valence-corrected chi connectivity index (χ4v) is 6.89. The Morgan fingerprint density at radius 3 is 1.23 bits per heavy atom. The molecule has 4 heteroatoms. The molecule has 0 spiro atoms. The summed E-state index contributed by atoms with van der Waals surface area (Å²) < 4.78 is 0. The van der Waals surface area contributed by atoms with Crippen LogP contribution >= 0.6 is 17.0 Å². The summed E-state index contributed by atoms with van der Waals surface area (Å²) in [4.78, 5) is 0. The summed E-state index contributed by atoms with van der Waals surface area (Å²) in [6.07, 6.45) is 9.79. The normalized spacial score (nSPS) is 11.7. The summed E-state index contributed by atoms with van der Waals surface area (Å²) in [5.74, 6) is 1.17. The molecule has 0 nitrogen and oxygen atoms in total. The van der Waals surface area contributed by atoms with E-state index in [2.05, 4.69) is 164 Å². The van der Waals surface area contributed by atoms with Gasteiger partial charge in [0, 0.05) is 9.52 Å². The Bertz CT molecular complexity index is 1720. The average molecular weight is 827 g/mol. The first-order valence-electron chi connectivity index (χ1n) is 19.4. The predicted molar refractivity (Wildman–Crippen MR) is 234 cm³/mol. The van der Waals surface area contributed by atoms with Crippen molar-refractivity contribution in [1.82, 2.24) is 0 Å². The van der Waals surface area contributed by atoms with Crippen LogP contribution < -0.4 is 0 Å². The van der Waals surface area contributed by atoms with Crippen molar-refractivity contribution in [3.63, 3.8) is 0 Å². The Morgan fingerprint density at radius 2 is 0.923 bits per heavy atom. The molecule has 6 aromatic rings. The zero-order chi connectivity index (χ0) is 37.9. The molecule has 0 fully saturated rings. The number of halogens is 2. The number of rotatable bonds is 12. The van der Waals surface area contributed by atoms with Crippen molar-refractivity contribution in [1.29, 1.82) is 0 Å². The second kappa shape index (κ2) is 24.2.